The summed E-state index contributed by atoms with van der Waals surface area (Å²) in [6, 6.07) is 1.99. The molecule has 0 radical (unpaired) electrons. The minimum atomic E-state index is -0.0535. The van der Waals surface area contributed by atoms with Crippen molar-refractivity contribution >= 4 is 21.7 Å². The molecule has 0 aromatic carbocycles. The highest BCUT2D eigenvalue weighted by atomic mass is 79.9. The number of aromatic nitrogens is 2. The van der Waals surface area contributed by atoms with Gasteiger partial charge >= 0.3 is 0 Å². The molecule has 19 heavy (non-hydrogen) atoms. The van der Waals surface area contributed by atoms with Crippen molar-refractivity contribution < 1.29 is 4.74 Å². The third-order valence-electron chi connectivity index (χ3n) is 3.10. The minimum absolute atomic E-state index is 0.0535. The Morgan fingerprint density at radius 1 is 1.21 bits per heavy atom. The SMILES string of the molecule is CC1CN(c2cc(Br)nc(C(C)(C)C)n2)CC(C)O1. The maximum Gasteiger partial charge on any atom is 0.137 e. The molecule has 0 amide bonds. The Hall–Kier alpha value is -0.680. The van der Waals surface area contributed by atoms with Gasteiger partial charge in [-0.15, -0.1) is 0 Å². The molecule has 1 fully saturated rings. The van der Waals surface area contributed by atoms with Gasteiger partial charge in [-0.25, -0.2) is 9.97 Å². The Balaban J connectivity index is 2.31. The molecular formula is C14H22BrN3O. The van der Waals surface area contributed by atoms with Crippen LogP contribution in [0.3, 0.4) is 0 Å². The van der Waals surface area contributed by atoms with E-state index in [1.165, 1.54) is 0 Å². The fourth-order valence-corrected chi connectivity index (χ4v) is 2.64. The third-order valence-corrected chi connectivity index (χ3v) is 3.50. The first-order valence-corrected chi connectivity index (χ1v) is 7.50. The van der Waals surface area contributed by atoms with E-state index in [0.717, 1.165) is 29.3 Å². The molecule has 106 valence electrons. The summed E-state index contributed by atoms with van der Waals surface area (Å²) in [5.41, 5.74) is -0.0535. The summed E-state index contributed by atoms with van der Waals surface area (Å²) in [7, 11) is 0. The van der Waals surface area contributed by atoms with Crippen molar-refractivity contribution in [3.63, 3.8) is 0 Å². The largest absolute Gasteiger partial charge is 0.372 e. The first kappa shape index (κ1) is 14.7. The van der Waals surface area contributed by atoms with E-state index >= 15 is 0 Å². The summed E-state index contributed by atoms with van der Waals surface area (Å²) in [5, 5.41) is 0. The van der Waals surface area contributed by atoms with E-state index in [2.05, 4.69) is 60.4 Å². The van der Waals surface area contributed by atoms with E-state index in [4.69, 9.17) is 9.72 Å². The topological polar surface area (TPSA) is 38.2 Å². The van der Waals surface area contributed by atoms with Gasteiger partial charge in [0.2, 0.25) is 0 Å². The molecule has 1 aliphatic heterocycles. The maximum atomic E-state index is 5.77. The second-order valence-corrected chi connectivity index (χ2v) is 7.10. The number of morpholine rings is 1. The molecule has 0 saturated carbocycles. The van der Waals surface area contributed by atoms with Gasteiger partial charge in [0.1, 0.15) is 16.2 Å². The second kappa shape index (κ2) is 5.37. The van der Waals surface area contributed by atoms with Crippen molar-refractivity contribution in [1.82, 2.24) is 9.97 Å². The molecule has 4 nitrogen and oxygen atoms in total. The van der Waals surface area contributed by atoms with Crippen molar-refractivity contribution in [2.45, 2.75) is 52.2 Å². The smallest absolute Gasteiger partial charge is 0.137 e. The molecule has 0 spiro atoms. The number of halogens is 1. The number of ether oxygens (including phenoxy) is 1. The van der Waals surface area contributed by atoms with Crippen LogP contribution in [0.15, 0.2) is 10.7 Å². The molecule has 0 bridgehead atoms. The van der Waals surface area contributed by atoms with E-state index < -0.39 is 0 Å². The molecule has 0 N–H and O–H groups in total. The van der Waals surface area contributed by atoms with Crippen molar-refractivity contribution in [1.29, 1.82) is 0 Å². The second-order valence-electron chi connectivity index (χ2n) is 6.28. The normalized spacial score (nSPS) is 24.6. The Labute approximate surface area is 123 Å². The Kier molecular flexibility index (Phi) is 4.16. The standard InChI is InChI=1S/C14H22BrN3O/c1-9-7-18(8-10(2)19-9)12-6-11(15)16-13(17-12)14(3,4)5/h6,9-10H,7-8H2,1-5H3. The zero-order valence-corrected chi connectivity index (χ0v) is 13.9. The molecular weight excluding hydrogens is 306 g/mol. The monoisotopic (exact) mass is 327 g/mol. The Bertz CT molecular complexity index is 448. The van der Waals surface area contributed by atoms with Crippen molar-refractivity contribution in [3.8, 4) is 0 Å². The highest BCUT2D eigenvalue weighted by molar-refractivity contribution is 9.10. The summed E-state index contributed by atoms with van der Waals surface area (Å²) in [5.74, 6) is 1.84. The van der Waals surface area contributed by atoms with Gasteiger partial charge in [-0.2, -0.15) is 0 Å². The van der Waals surface area contributed by atoms with Crippen LogP contribution < -0.4 is 4.90 Å². The quantitative estimate of drug-likeness (QED) is 0.743. The van der Waals surface area contributed by atoms with Crippen molar-refractivity contribution in [3.05, 3.63) is 16.5 Å². The highest BCUT2D eigenvalue weighted by Gasteiger charge is 2.25. The molecule has 1 aromatic heterocycles. The minimum Gasteiger partial charge on any atom is -0.372 e. The van der Waals surface area contributed by atoms with Crippen molar-refractivity contribution in [2.24, 2.45) is 0 Å². The lowest BCUT2D eigenvalue weighted by Crippen LogP contribution is -2.46. The zero-order valence-electron chi connectivity index (χ0n) is 12.3. The number of nitrogens with zero attached hydrogens (tertiary/aromatic N) is 3. The van der Waals surface area contributed by atoms with Crippen LogP contribution in [0.5, 0.6) is 0 Å². The Morgan fingerprint density at radius 2 is 1.79 bits per heavy atom. The summed E-state index contributed by atoms with van der Waals surface area (Å²) in [6.45, 7) is 12.3. The fourth-order valence-electron chi connectivity index (χ4n) is 2.27. The highest BCUT2D eigenvalue weighted by Crippen LogP contribution is 2.26. The van der Waals surface area contributed by atoms with E-state index in [-0.39, 0.29) is 17.6 Å². The lowest BCUT2D eigenvalue weighted by molar-refractivity contribution is -0.00549. The third kappa shape index (κ3) is 3.66. The van der Waals surface area contributed by atoms with Gasteiger partial charge in [-0.3, -0.25) is 0 Å². The van der Waals surface area contributed by atoms with Crippen LogP contribution in [0.4, 0.5) is 5.82 Å². The number of rotatable bonds is 1. The van der Waals surface area contributed by atoms with E-state index in [1.807, 2.05) is 6.07 Å². The van der Waals surface area contributed by atoms with Crippen LogP contribution in [-0.2, 0) is 10.2 Å². The van der Waals surface area contributed by atoms with Crippen LogP contribution in [0, 0.1) is 0 Å². The van der Waals surface area contributed by atoms with Crippen molar-refractivity contribution in [2.75, 3.05) is 18.0 Å². The molecule has 2 rings (SSSR count). The average Bonchev–Trinajstić information content (AvgIpc) is 2.25. The number of hydrogen-bond donors (Lipinski definition) is 0. The van der Waals surface area contributed by atoms with Gasteiger partial charge in [-0.05, 0) is 29.8 Å². The molecule has 1 aliphatic rings. The predicted molar refractivity (Wildman–Crippen MR) is 80.7 cm³/mol. The molecule has 2 atom stereocenters. The molecule has 2 unspecified atom stereocenters. The van der Waals surface area contributed by atoms with Gasteiger partial charge in [0.15, 0.2) is 0 Å². The average molecular weight is 328 g/mol. The van der Waals surface area contributed by atoms with Crippen LogP contribution in [0.2, 0.25) is 0 Å². The summed E-state index contributed by atoms with van der Waals surface area (Å²) >= 11 is 3.49. The fraction of sp³-hybridized carbons (Fsp3) is 0.714. The number of anilines is 1. The van der Waals surface area contributed by atoms with E-state index in [0.29, 0.717) is 0 Å². The van der Waals surface area contributed by atoms with Crippen LogP contribution in [-0.4, -0.2) is 35.3 Å². The molecule has 0 aliphatic carbocycles. The van der Waals surface area contributed by atoms with Crippen LogP contribution in [0.1, 0.15) is 40.4 Å². The molecule has 1 aromatic rings. The summed E-state index contributed by atoms with van der Waals surface area (Å²) in [4.78, 5) is 11.5. The molecule has 1 saturated heterocycles. The predicted octanol–water partition coefficient (Wildman–Crippen LogP) is 3.15. The van der Waals surface area contributed by atoms with Crippen LogP contribution in [0.25, 0.3) is 0 Å². The first-order valence-electron chi connectivity index (χ1n) is 6.71. The van der Waals surface area contributed by atoms with E-state index in [1.54, 1.807) is 0 Å². The number of hydrogen-bond acceptors (Lipinski definition) is 4. The lowest BCUT2D eigenvalue weighted by atomic mass is 9.96. The van der Waals surface area contributed by atoms with Gasteiger partial charge in [0.25, 0.3) is 0 Å². The maximum absolute atomic E-state index is 5.77. The van der Waals surface area contributed by atoms with Gasteiger partial charge < -0.3 is 9.64 Å². The first-order chi connectivity index (χ1) is 8.75. The molecule has 5 heteroatoms. The van der Waals surface area contributed by atoms with Gasteiger partial charge in [0.05, 0.1) is 12.2 Å². The lowest BCUT2D eigenvalue weighted by Gasteiger charge is -2.36. The van der Waals surface area contributed by atoms with Gasteiger partial charge in [-0.1, -0.05) is 20.8 Å². The van der Waals surface area contributed by atoms with Gasteiger partial charge in [0, 0.05) is 24.6 Å². The van der Waals surface area contributed by atoms with Crippen LogP contribution >= 0.6 is 15.9 Å². The summed E-state index contributed by atoms with van der Waals surface area (Å²) < 4.78 is 6.61. The van der Waals surface area contributed by atoms with E-state index in [9.17, 15) is 0 Å². The molecule has 2 heterocycles. The zero-order chi connectivity index (χ0) is 14.2. The summed E-state index contributed by atoms with van der Waals surface area (Å²) in [6.07, 6.45) is 0.464. The Morgan fingerprint density at radius 3 is 2.32 bits per heavy atom.